The van der Waals surface area contributed by atoms with E-state index in [-0.39, 0.29) is 0 Å². The standard InChI is InChI=1S/C40H60N6/c1-2-3-4-5-9-19-46-36(24-34-14-11-13-33-12-6-7-16-37(33)34)29-44(39(46)42)18-10-8-15-35-28-43-38(41)45(35)20-17-40-25-30-21-31(26-40)23-32(22-30)27-40/h6-7,11-14,16,30-32,35-36,42H,2-5,8-10,15,17-29H2,1H3,(H2,41,43)/t30?,31?,32?,35-,36+,40?/m0/s1. The lowest BCUT2D eigenvalue weighted by Gasteiger charge is -2.57. The summed E-state index contributed by atoms with van der Waals surface area (Å²) in [7, 11) is 0. The van der Waals surface area contributed by atoms with Crippen LogP contribution in [0.15, 0.2) is 47.5 Å². The number of nitrogens with zero attached hydrogens (tertiary/aromatic N) is 4. The molecule has 8 rings (SSSR count). The van der Waals surface area contributed by atoms with Gasteiger partial charge in [-0.15, -0.1) is 0 Å². The van der Waals surface area contributed by atoms with E-state index in [0.717, 1.165) is 81.7 Å². The van der Waals surface area contributed by atoms with Crippen molar-refractivity contribution in [1.29, 1.82) is 5.41 Å². The second-order valence-electron chi connectivity index (χ2n) is 16.1. The fourth-order valence-corrected chi connectivity index (χ4v) is 10.8. The van der Waals surface area contributed by atoms with Crippen LogP contribution in [0, 0.1) is 28.6 Å². The smallest absolute Gasteiger partial charge is 0.194 e. The first kappa shape index (κ1) is 31.8. The molecule has 4 saturated carbocycles. The van der Waals surface area contributed by atoms with Crippen LogP contribution >= 0.6 is 0 Å². The average molecular weight is 625 g/mol. The Morgan fingerprint density at radius 3 is 2.30 bits per heavy atom. The fraction of sp³-hybridized carbons (Fsp3) is 0.700. The molecule has 2 aromatic rings. The molecule has 2 aromatic carbocycles. The molecule has 0 radical (unpaired) electrons. The number of guanidine groups is 2. The Morgan fingerprint density at radius 1 is 0.804 bits per heavy atom. The molecule has 6 heteroatoms. The first-order chi connectivity index (χ1) is 22.5. The molecule has 3 N–H and O–H groups in total. The van der Waals surface area contributed by atoms with E-state index in [0.29, 0.717) is 17.5 Å². The highest BCUT2D eigenvalue weighted by Crippen LogP contribution is 2.61. The van der Waals surface area contributed by atoms with Crippen molar-refractivity contribution >= 4 is 22.7 Å². The first-order valence-corrected chi connectivity index (χ1v) is 19.1. The van der Waals surface area contributed by atoms with E-state index in [9.17, 15) is 5.41 Å². The SMILES string of the molecule is CCCCCCCN1C(=N)N(CCCC[C@H]2CN=C(N)N2CCC23CC4CC(CC(C4)C2)C3)C[C@H]1Cc1cccc2ccccc12. The van der Waals surface area contributed by atoms with Gasteiger partial charge in [-0.1, -0.05) is 75.1 Å². The Kier molecular flexibility index (Phi) is 9.79. The van der Waals surface area contributed by atoms with Crippen molar-refractivity contribution in [3.8, 4) is 0 Å². The van der Waals surface area contributed by atoms with Crippen LogP contribution in [0.3, 0.4) is 0 Å². The lowest BCUT2D eigenvalue weighted by molar-refractivity contribution is -0.0597. The van der Waals surface area contributed by atoms with Crippen molar-refractivity contribution in [2.75, 3.05) is 32.7 Å². The van der Waals surface area contributed by atoms with Crippen LogP contribution < -0.4 is 5.73 Å². The van der Waals surface area contributed by atoms with Gasteiger partial charge in [0.25, 0.3) is 0 Å². The minimum atomic E-state index is 0.368. The zero-order valence-electron chi connectivity index (χ0n) is 28.6. The van der Waals surface area contributed by atoms with E-state index in [1.54, 1.807) is 0 Å². The summed E-state index contributed by atoms with van der Waals surface area (Å²) in [5, 5.41) is 11.9. The number of aliphatic imine (C=N–C) groups is 1. The zero-order chi connectivity index (χ0) is 31.5. The van der Waals surface area contributed by atoms with Crippen molar-refractivity contribution in [2.45, 2.75) is 122 Å². The predicted octanol–water partition coefficient (Wildman–Crippen LogP) is 8.05. The van der Waals surface area contributed by atoms with Gasteiger partial charge in [-0.25, -0.2) is 0 Å². The number of unbranched alkanes of at least 4 members (excludes halogenated alkanes) is 5. The van der Waals surface area contributed by atoms with Gasteiger partial charge in [0.15, 0.2) is 11.9 Å². The van der Waals surface area contributed by atoms with Gasteiger partial charge in [0.2, 0.25) is 0 Å². The summed E-state index contributed by atoms with van der Waals surface area (Å²) in [6.07, 6.45) is 21.1. The molecular formula is C40H60N6. The molecule has 46 heavy (non-hydrogen) atoms. The Bertz CT molecular complexity index is 1330. The molecule has 4 bridgehead atoms. The van der Waals surface area contributed by atoms with Crippen LogP contribution in [0.4, 0.5) is 0 Å². The zero-order valence-corrected chi connectivity index (χ0v) is 28.6. The summed E-state index contributed by atoms with van der Waals surface area (Å²) in [5.41, 5.74) is 8.52. The molecular weight excluding hydrogens is 564 g/mol. The highest BCUT2D eigenvalue weighted by molar-refractivity contribution is 5.86. The van der Waals surface area contributed by atoms with Gasteiger partial charge in [0.1, 0.15) is 0 Å². The summed E-state index contributed by atoms with van der Waals surface area (Å²) in [6, 6.07) is 16.3. The number of benzene rings is 2. The molecule has 4 aliphatic carbocycles. The maximum atomic E-state index is 9.23. The van der Waals surface area contributed by atoms with Gasteiger partial charge >= 0.3 is 0 Å². The topological polar surface area (TPSA) is 72.0 Å². The molecule has 5 fully saturated rings. The third-order valence-electron chi connectivity index (χ3n) is 12.7. The number of nitrogens with one attached hydrogen (secondary N) is 1. The average Bonchev–Trinajstić information content (AvgIpc) is 3.55. The Balaban J connectivity index is 0.918. The van der Waals surface area contributed by atoms with Crippen molar-refractivity contribution in [2.24, 2.45) is 33.9 Å². The lowest BCUT2D eigenvalue weighted by atomic mass is 9.49. The summed E-state index contributed by atoms with van der Waals surface area (Å²) in [6.45, 7) is 7.20. The van der Waals surface area contributed by atoms with Gasteiger partial charge in [0.05, 0.1) is 18.6 Å². The highest BCUT2D eigenvalue weighted by Gasteiger charge is 2.50. The molecule has 0 unspecified atom stereocenters. The van der Waals surface area contributed by atoms with E-state index >= 15 is 0 Å². The van der Waals surface area contributed by atoms with Crippen LogP contribution in [0.25, 0.3) is 10.8 Å². The van der Waals surface area contributed by atoms with E-state index < -0.39 is 0 Å². The predicted molar refractivity (Wildman–Crippen MR) is 192 cm³/mol. The Hall–Kier alpha value is -2.76. The molecule has 250 valence electrons. The highest BCUT2D eigenvalue weighted by atomic mass is 15.4. The van der Waals surface area contributed by atoms with Gasteiger partial charge in [-0.3, -0.25) is 10.4 Å². The molecule has 6 aliphatic rings. The summed E-state index contributed by atoms with van der Waals surface area (Å²) in [4.78, 5) is 12.0. The second-order valence-corrected chi connectivity index (χ2v) is 16.1. The van der Waals surface area contributed by atoms with E-state index in [2.05, 4.69) is 64.1 Å². The molecule has 0 spiro atoms. The minimum absolute atomic E-state index is 0.368. The number of hydrogen-bond acceptors (Lipinski definition) is 4. The Labute approximate surface area is 278 Å². The number of hydrogen-bond donors (Lipinski definition) is 2. The first-order valence-electron chi connectivity index (χ1n) is 19.1. The maximum absolute atomic E-state index is 9.23. The van der Waals surface area contributed by atoms with Crippen LogP contribution in [0.1, 0.15) is 109 Å². The van der Waals surface area contributed by atoms with E-state index in [4.69, 9.17) is 10.7 Å². The number of nitrogens with two attached hydrogens (primary N) is 1. The van der Waals surface area contributed by atoms with Gasteiger partial charge in [-0.2, -0.15) is 0 Å². The number of rotatable bonds is 16. The third kappa shape index (κ3) is 6.92. The second kappa shape index (κ2) is 14.2. The normalized spacial score (nSPS) is 30.3. The van der Waals surface area contributed by atoms with Gasteiger partial charge < -0.3 is 20.4 Å². The minimum Gasteiger partial charge on any atom is -0.370 e. The largest absolute Gasteiger partial charge is 0.370 e. The van der Waals surface area contributed by atoms with Crippen molar-refractivity contribution in [1.82, 2.24) is 14.7 Å². The van der Waals surface area contributed by atoms with Crippen molar-refractivity contribution < 1.29 is 0 Å². The van der Waals surface area contributed by atoms with Crippen molar-refractivity contribution in [3.63, 3.8) is 0 Å². The molecule has 6 nitrogen and oxygen atoms in total. The molecule has 2 aliphatic heterocycles. The molecule has 2 atom stereocenters. The fourth-order valence-electron chi connectivity index (χ4n) is 10.8. The number of fused-ring (bicyclic) bond motifs is 1. The quantitative estimate of drug-likeness (QED) is 0.185. The maximum Gasteiger partial charge on any atom is 0.194 e. The summed E-state index contributed by atoms with van der Waals surface area (Å²) >= 11 is 0. The van der Waals surface area contributed by atoms with Crippen LogP contribution in [-0.2, 0) is 6.42 Å². The van der Waals surface area contributed by atoms with Gasteiger partial charge in [-0.05, 0) is 117 Å². The lowest BCUT2D eigenvalue weighted by Crippen LogP contribution is -2.49. The van der Waals surface area contributed by atoms with E-state index in [1.807, 2.05) is 0 Å². The van der Waals surface area contributed by atoms with Crippen LogP contribution in [0.2, 0.25) is 0 Å². The van der Waals surface area contributed by atoms with E-state index in [1.165, 1.54) is 99.8 Å². The molecule has 0 amide bonds. The van der Waals surface area contributed by atoms with Crippen LogP contribution in [0.5, 0.6) is 0 Å². The van der Waals surface area contributed by atoms with Crippen molar-refractivity contribution in [3.05, 3.63) is 48.0 Å². The molecule has 1 saturated heterocycles. The summed E-state index contributed by atoms with van der Waals surface area (Å²) < 4.78 is 0. The molecule has 0 aromatic heterocycles. The third-order valence-corrected chi connectivity index (χ3v) is 12.7. The summed E-state index contributed by atoms with van der Waals surface area (Å²) in [5.74, 6) is 4.59. The molecule has 2 heterocycles. The monoisotopic (exact) mass is 624 g/mol. The van der Waals surface area contributed by atoms with Gasteiger partial charge in [0, 0.05) is 26.2 Å². The van der Waals surface area contributed by atoms with Crippen LogP contribution in [-0.4, -0.2) is 71.4 Å². The Morgan fingerprint density at radius 2 is 1.52 bits per heavy atom.